The number of nitrogens with zero attached hydrogens (tertiary/aromatic N) is 2. The minimum atomic E-state index is -1.10. The summed E-state index contributed by atoms with van der Waals surface area (Å²) in [6.07, 6.45) is 1.35. The van der Waals surface area contributed by atoms with Gasteiger partial charge in [-0.3, -0.25) is 14.6 Å². The van der Waals surface area contributed by atoms with Crippen molar-refractivity contribution >= 4 is 18.0 Å². The van der Waals surface area contributed by atoms with E-state index in [4.69, 9.17) is 11.5 Å². The van der Waals surface area contributed by atoms with Crippen LogP contribution in [0.1, 0.15) is 6.92 Å². The summed E-state index contributed by atoms with van der Waals surface area (Å²) in [5.74, 6) is -1.22. The molecule has 0 aliphatic carbocycles. The van der Waals surface area contributed by atoms with Crippen LogP contribution in [0.15, 0.2) is 5.10 Å². The Morgan fingerprint density at radius 1 is 1.54 bits per heavy atom. The maximum Gasteiger partial charge on any atom is 0.243 e. The molecule has 2 amide bonds. The monoisotopic (exact) mass is 184 g/mol. The third-order valence-corrected chi connectivity index (χ3v) is 2.25. The van der Waals surface area contributed by atoms with Gasteiger partial charge in [0.05, 0.1) is 0 Å². The first-order valence-electron chi connectivity index (χ1n) is 3.77. The SMILES string of the molecule is CN1N=CC(C)(C(N)=O)C1C(N)=O. The Hall–Kier alpha value is -1.59. The molecule has 1 heterocycles. The number of primary amides is 2. The van der Waals surface area contributed by atoms with Gasteiger partial charge >= 0.3 is 0 Å². The standard InChI is InChI=1S/C7H12N4O2/c1-7(6(9)13)3-10-11(2)4(7)5(8)12/h3-4H,1-2H3,(H2,8,12)(H2,9,13). The second kappa shape index (κ2) is 2.72. The average molecular weight is 184 g/mol. The van der Waals surface area contributed by atoms with Gasteiger partial charge in [0.2, 0.25) is 11.8 Å². The fraction of sp³-hybridized carbons (Fsp3) is 0.571. The van der Waals surface area contributed by atoms with E-state index >= 15 is 0 Å². The van der Waals surface area contributed by atoms with Crippen LogP contribution < -0.4 is 11.5 Å². The van der Waals surface area contributed by atoms with Crippen molar-refractivity contribution in [3.63, 3.8) is 0 Å². The Labute approximate surface area is 75.6 Å². The van der Waals surface area contributed by atoms with E-state index in [2.05, 4.69) is 5.10 Å². The van der Waals surface area contributed by atoms with Gasteiger partial charge in [0.25, 0.3) is 0 Å². The summed E-state index contributed by atoms with van der Waals surface area (Å²) < 4.78 is 0. The zero-order chi connectivity index (χ0) is 10.2. The summed E-state index contributed by atoms with van der Waals surface area (Å²) in [5.41, 5.74) is 9.19. The largest absolute Gasteiger partial charge is 0.369 e. The van der Waals surface area contributed by atoms with Crippen LogP contribution in [0.25, 0.3) is 0 Å². The highest BCUT2D eigenvalue weighted by molar-refractivity contribution is 6.04. The number of hydrazone groups is 1. The molecule has 13 heavy (non-hydrogen) atoms. The fourth-order valence-corrected chi connectivity index (χ4v) is 1.41. The molecule has 0 aromatic rings. The Morgan fingerprint density at radius 2 is 2.08 bits per heavy atom. The molecule has 0 radical (unpaired) electrons. The molecule has 6 nitrogen and oxygen atoms in total. The molecule has 0 spiro atoms. The summed E-state index contributed by atoms with van der Waals surface area (Å²) in [6, 6.07) is -0.787. The third-order valence-electron chi connectivity index (χ3n) is 2.25. The minimum Gasteiger partial charge on any atom is -0.369 e. The van der Waals surface area contributed by atoms with Gasteiger partial charge in [0.15, 0.2) is 0 Å². The van der Waals surface area contributed by atoms with Crippen molar-refractivity contribution < 1.29 is 9.59 Å². The van der Waals surface area contributed by atoms with E-state index in [1.807, 2.05) is 0 Å². The van der Waals surface area contributed by atoms with Crippen LogP contribution in [0.2, 0.25) is 0 Å². The summed E-state index contributed by atoms with van der Waals surface area (Å²) in [6.45, 7) is 1.54. The molecule has 2 atom stereocenters. The molecule has 0 aromatic heterocycles. The molecular formula is C7H12N4O2. The van der Waals surface area contributed by atoms with E-state index in [1.165, 1.54) is 18.1 Å². The van der Waals surface area contributed by atoms with Crippen molar-refractivity contribution in [3.05, 3.63) is 0 Å². The summed E-state index contributed by atoms with van der Waals surface area (Å²) >= 11 is 0. The Morgan fingerprint density at radius 3 is 2.38 bits per heavy atom. The molecule has 1 aliphatic heterocycles. The molecule has 0 saturated carbocycles. The van der Waals surface area contributed by atoms with Crippen LogP contribution in [0.4, 0.5) is 0 Å². The van der Waals surface area contributed by atoms with Crippen molar-refractivity contribution in [1.29, 1.82) is 0 Å². The number of amides is 2. The molecular weight excluding hydrogens is 172 g/mol. The van der Waals surface area contributed by atoms with Crippen LogP contribution in [0, 0.1) is 5.41 Å². The van der Waals surface area contributed by atoms with Gasteiger partial charge in [-0.15, -0.1) is 0 Å². The second-order valence-corrected chi connectivity index (χ2v) is 3.27. The smallest absolute Gasteiger partial charge is 0.243 e. The first kappa shape index (κ1) is 9.50. The van der Waals surface area contributed by atoms with Crippen LogP contribution in [0.3, 0.4) is 0 Å². The first-order chi connectivity index (χ1) is 5.89. The normalized spacial score (nSPS) is 32.2. The molecule has 1 aliphatic rings. The highest BCUT2D eigenvalue weighted by Crippen LogP contribution is 2.27. The number of nitrogens with two attached hydrogens (primary N) is 2. The highest BCUT2D eigenvalue weighted by Gasteiger charge is 2.48. The number of hydrogen-bond acceptors (Lipinski definition) is 4. The first-order valence-corrected chi connectivity index (χ1v) is 3.77. The average Bonchev–Trinajstić information content (AvgIpc) is 2.28. The Balaban J connectivity index is 3.06. The van der Waals surface area contributed by atoms with E-state index in [9.17, 15) is 9.59 Å². The van der Waals surface area contributed by atoms with Crippen molar-refractivity contribution in [3.8, 4) is 0 Å². The molecule has 0 fully saturated rings. The summed E-state index contributed by atoms with van der Waals surface area (Å²) in [7, 11) is 1.57. The molecule has 0 bridgehead atoms. The fourth-order valence-electron chi connectivity index (χ4n) is 1.41. The Bertz CT molecular complexity index is 288. The number of hydrogen-bond donors (Lipinski definition) is 2. The van der Waals surface area contributed by atoms with Gasteiger partial charge in [-0.2, -0.15) is 5.10 Å². The highest BCUT2D eigenvalue weighted by atomic mass is 16.2. The summed E-state index contributed by atoms with van der Waals surface area (Å²) in [4.78, 5) is 22.1. The third kappa shape index (κ3) is 1.24. The van der Waals surface area contributed by atoms with E-state index in [0.717, 1.165) is 0 Å². The van der Waals surface area contributed by atoms with Crippen molar-refractivity contribution in [2.45, 2.75) is 13.0 Å². The van der Waals surface area contributed by atoms with Crippen LogP contribution in [-0.2, 0) is 9.59 Å². The van der Waals surface area contributed by atoms with Gasteiger partial charge < -0.3 is 11.5 Å². The number of rotatable bonds is 2. The lowest BCUT2D eigenvalue weighted by Crippen LogP contribution is -2.53. The second-order valence-electron chi connectivity index (χ2n) is 3.27. The molecule has 0 aromatic carbocycles. The van der Waals surface area contributed by atoms with Gasteiger partial charge in [-0.25, -0.2) is 0 Å². The number of carbonyl (C=O) groups excluding carboxylic acids is 2. The quantitative estimate of drug-likeness (QED) is 0.532. The maximum atomic E-state index is 11.1. The van der Waals surface area contributed by atoms with E-state index < -0.39 is 23.3 Å². The van der Waals surface area contributed by atoms with Gasteiger partial charge in [-0.1, -0.05) is 0 Å². The Kier molecular flexibility index (Phi) is 1.99. The van der Waals surface area contributed by atoms with Gasteiger partial charge in [0.1, 0.15) is 11.5 Å². The maximum absolute atomic E-state index is 11.1. The minimum absolute atomic E-state index is 0.607. The van der Waals surface area contributed by atoms with Crippen LogP contribution >= 0.6 is 0 Å². The topological polar surface area (TPSA) is 102 Å². The lowest BCUT2D eigenvalue weighted by atomic mass is 9.83. The van der Waals surface area contributed by atoms with Crippen molar-refractivity contribution in [2.75, 3.05) is 7.05 Å². The molecule has 1 rings (SSSR count). The predicted molar refractivity (Wildman–Crippen MR) is 46.5 cm³/mol. The lowest BCUT2D eigenvalue weighted by Gasteiger charge is -2.26. The summed E-state index contributed by atoms with van der Waals surface area (Å²) in [5, 5.41) is 5.16. The van der Waals surface area contributed by atoms with Crippen molar-refractivity contribution in [2.24, 2.45) is 22.0 Å². The number of likely N-dealkylation sites (N-methyl/N-ethyl adjacent to an activating group) is 1. The molecule has 4 N–H and O–H groups in total. The predicted octanol–water partition coefficient (Wildman–Crippen LogP) is -1.74. The van der Waals surface area contributed by atoms with Gasteiger partial charge in [0, 0.05) is 13.3 Å². The molecule has 6 heteroatoms. The zero-order valence-electron chi connectivity index (χ0n) is 7.52. The van der Waals surface area contributed by atoms with E-state index in [-0.39, 0.29) is 0 Å². The number of carbonyl (C=O) groups is 2. The molecule has 0 saturated heterocycles. The van der Waals surface area contributed by atoms with Crippen molar-refractivity contribution in [1.82, 2.24) is 5.01 Å². The van der Waals surface area contributed by atoms with Gasteiger partial charge in [-0.05, 0) is 6.92 Å². The molecule has 2 unspecified atom stereocenters. The molecule has 72 valence electrons. The van der Waals surface area contributed by atoms with Crippen LogP contribution in [0.5, 0.6) is 0 Å². The lowest BCUT2D eigenvalue weighted by molar-refractivity contribution is -0.133. The van der Waals surface area contributed by atoms with E-state index in [1.54, 1.807) is 7.05 Å². The van der Waals surface area contributed by atoms with E-state index in [0.29, 0.717) is 0 Å². The zero-order valence-corrected chi connectivity index (χ0v) is 7.52. The van der Waals surface area contributed by atoms with Crippen LogP contribution in [-0.4, -0.2) is 36.1 Å².